The third-order valence-electron chi connectivity index (χ3n) is 4.43. The van der Waals surface area contributed by atoms with Gasteiger partial charge >= 0.3 is 6.03 Å². The van der Waals surface area contributed by atoms with E-state index in [-0.39, 0.29) is 6.03 Å². The Kier molecular flexibility index (Phi) is 4.13. The van der Waals surface area contributed by atoms with Crippen molar-refractivity contribution in [1.82, 2.24) is 15.5 Å². The van der Waals surface area contributed by atoms with E-state index in [4.69, 9.17) is 0 Å². The molecule has 2 amide bonds. The molecule has 5 nitrogen and oxygen atoms in total. The van der Waals surface area contributed by atoms with E-state index in [1.54, 1.807) is 6.20 Å². The zero-order valence-electron chi connectivity index (χ0n) is 13.0. The first-order valence-electron chi connectivity index (χ1n) is 7.78. The number of carbonyl (C=O) groups excluding carboxylic acids is 1. The Morgan fingerprint density at radius 3 is 2.55 bits per heavy atom. The Bertz CT molecular complexity index is 613. The number of H-pyrrole nitrogens is 1. The van der Waals surface area contributed by atoms with Crippen LogP contribution in [-0.2, 0) is 0 Å². The third-order valence-corrected chi connectivity index (χ3v) is 4.43. The van der Waals surface area contributed by atoms with Crippen LogP contribution < -0.4 is 10.6 Å². The van der Waals surface area contributed by atoms with Crippen molar-refractivity contribution in [3.63, 3.8) is 0 Å². The van der Waals surface area contributed by atoms with Gasteiger partial charge in [-0.3, -0.25) is 5.10 Å². The van der Waals surface area contributed by atoms with Crippen LogP contribution in [0.5, 0.6) is 0 Å². The number of nitrogens with zero attached hydrogens (tertiary/aromatic N) is 1. The average Bonchev–Trinajstić information content (AvgIpc) is 2.97. The topological polar surface area (TPSA) is 69.8 Å². The highest BCUT2D eigenvalue weighted by molar-refractivity contribution is 5.89. The molecule has 1 aliphatic rings. The van der Waals surface area contributed by atoms with Gasteiger partial charge < -0.3 is 10.6 Å². The van der Waals surface area contributed by atoms with Crippen LogP contribution in [0.2, 0.25) is 0 Å². The molecule has 0 unspecified atom stereocenters. The minimum absolute atomic E-state index is 0.122. The maximum Gasteiger partial charge on any atom is 0.319 e. The summed E-state index contributed by atoms with van der Waals surface area (Å²) >= 11 is 0. The van der Waals surface area contributed by atoms with Gasteiger partial charge in [-0.2, -0.15) is 5.10 Å². The molecule has 1 aromatic heterocycles. The highest BCUT2D eigenvalue weighted by atomic mass is 16.2. The van der Waals surface area contributed by atoms with Gasteiger partial charge in [0.2, 0.25) is 0 Å². The fraction of sp³-hybridized carbons (Fsp3) is 0.412. The predicted molar refractivity (Wildman–Crippen MR) is 87.5 cm³/mol. The molecule has 5 heteroatoms. The first-order valence-corrected chi connectivity index (χ1v) is 7.78. The maximum atomic E-state index is 12.0. The minimum atomic E-state index is -0.122. The number of nitrogens with one attached hydrogen (secondary N) is 3. The Morgan fingerprint density at radius 2 is 1.95 bits per heavy atom. The van der Waals surface area contributed by atoms with Crippen LogP contribution >= 0.6 is 0 Å². The number of urea groups is 1. The predicted octanol–water partition coefficient (Wildman–Crippen LogP) is 3.63. The summed E-state index contributed by atoms with van der Waals surface area (Å²) in [7, 11) is 0. The van der Waals surface area contributed by atoms with Gasteiger partial charge in [0.15, 0.2) is 0 Å². The fourth-order valence-corrected chi connectivity index (χ4v) is 2.83. The molecule has 0 spiro atoms. The second-order valence-corrected chi connectivity index (χ2v) is 6.34. The van der Waals surface area contributed by atoms with Gasteiger partial charge in [-0.25, -0.2) is 4.79 Å². The minimum Gasteiger partial charge on any atom is -0.335 e. The highest BCUT2D eigenvalue weighted by Gasteiger charge is 2.31. The molecule has 0 aliphatic heterocycles. The van der Waals surface area contributed by atoms with Gasteiger partial charge in [-0.05, 0) is 42.4 Å². The zero-order chi connectivity index (χ0) is 15.5. The van der Waals surface area contributed by atoms with Crippen LogP contribution in [0.1, 0.15) is 26.7 Å². The number of amides is 2. The summed E-state index contributed by atoms with van der Waals surface area (Å²) in [5.41, 5.74) is 2.90. The molecule has 3 rings (SSSR count). The molecule has 1 aliphatic carbocycles. The Hall–Kier alpha value is -2.30. The number of aromatic nitrogens is 2. The van der Waals surface area contributed by atoms with Crippen molar-refractivity contribution in [3.05, 3.63) is 36.7 Å². The van der Waals surface area contributed by atoms with E-state index in [1.165, 1.54) is 0 Å². The lowest BCUT2D eigenvalue weighted by Crippen LogP contribution is -2.47. The van der Waals surface area contributed by atoms with Crippen molar-refractivity contribution in [3.8, 4) is 11.1 Å². The van der Waals surface area contributed by atoms with Gasteiger partial charge in [0, 0.05) is 23.5 Å². The molecule has 0 radical (unpaired) electrons. The molecule has 22 heavy (non-hydrogen) atoms. The molecular formula is C17H22N4O. The van der Waals surface area contributed by atoms with Crippen LogP contribution in [0.25, 0.3) is 11.1 Å². The summed E-state index contributed by atoms with van der Waals surface area (Å²) in [5.74, 6) is 1.45. The lowest BCUT2D eigenvalue weighted by molar-refractivity contribution is 0.171. The molecule has 1 heterocycles. The van der Waals surface area contributed by atoms with Crippen molar-refractivity contribution in [2.45, 2.75) is 32.7 Å². The van der Waals surface area contributed by atoms with Gasteiger partial charge in [-0.1, -0.05) is 26.0 Å². The number of hydrogen-bond donors (Lipinski definition) is 3. The molecule has 0 saturated heterocycles. The number of hydrogen-bond acceptors (Lipinski definition) is 2. The summed E-state index contributed by atoms with van der Waals surface area (Å²) < 4.78 is 0. The van der Waals surface area contributed by atoms with E-state index in [2.05, 4.69) is 34.7 Å². The monoisotopic (exact) mass is 298 g/mol. The number of aromatic amines is 1. The largest absolute Gasteiger partial charge is 0.335 e. The van der Waals surface area contributed by atoms with E-state index >= 15 is 0 Å². The van der Waals surface area contributed by atoms with E-state index < -0.39 is 0 Å². The molecule has 1 fully saturated rings. The van der Waals surface area contributed by atoms with Crippen LogP contribution in [0.15, 0.2) is 36.7 Å². The third kappa shape index (κ3) is 3.30. The van der Waals surface area contributed by atoms with E-state index in [0.29, 0.717) is 12.0 Å². The standard InChI is InChI=1S/C17H22N4O/c1-11(2)13-7-16(8-13)21-17(22)20-15-5-3-12(4-6-15)14-9-18-19-10-14/h3-6,9-11,13,16H,7-8H2,1-2H3,(H,18,19)(H2,20,21,22). The van der Waals surface area contributed by atoms with E-state index in [0.717, 1.165) is 35.6 Å². The number of anilines is 1. The number of carbonyl (C=O) groups is 1. The quantitative estimate of drug-likeness (QED) is 0.806. The Labute approximate surface area is 130 Å². The van der Waals surface area contributed by atoms with Crippen molar-refractivity contribution < 1.29 is 4.79 Å². The van der Waals surface area contributed by atoms with Crippen LogP contribution in [0.4, 0.5) is 10.5 Å². The van der Waals surface area contributed by atoms with E-state index in [1.807, 2.05) is 30.5 Å². The van der Waals surface area contributed by atoms with Gasteiger partial charge in [0.25, 0.3) is 0 Å². The molecule has 0 atom stereocenters. The maximum absolute atomic E-state index is 12.0. The SMILES string of the molecule is CC(C)C1CC(NC(=O)Nc2ccc(-c3cn[nH]c3)cc2)C1. The molecule has 1 saturated carbocycles. The van der Waals surface area contributed by atoms with E-state index in [9.17, 15) is 4.79 Å². The first-order chi connectivity index (χ1) is 10.6. The summed E-state index contributed by atoms with van der Waals surface area (Å²) in [5, 5.41) is 12.6. The summed E-state index contributed by atoms with van der Waals surface area (Å²) in [6, 6.07) is 7.94. The number of rotatable bonds is 4. The van der Waals surface area contributed by atoms with Gasteiger partial charge in [0.05, 0.1) is 6.20 Å². The smallest absolute Gasteiger partial charge is 0.319 e. The lowest BCUT2D eigenvalue weighted by Gasteiger charge is -2.38. The number of benzene rings is 1. The normalized spacial score (nSPS) is 20.5. The fourth-order valence-electron chi connectivity index (χ4n) is 2.83. The highest BCUT2D eigenvalue weighted by Crippen LogP contribution is 2.33. The summed E-state index contributed by atoms with van der Waals surface area (Å²) in [6.07, 6.45) is 5.79. The zero-order valence-corrected chi connectivity index (χ0v) is 13.0. The molecule has 2 aromatic rings. The second kappa shape index (κ2) is 6.22. The molecule has 116 valence electrons. The van der Waals surface area contributed by atoms with Crippen LogP contribution in [-0.4, -0.2) is 22.3 Å². The summed E-state index contributed by atoms with van der Waals surface area (Å²) in [4.78, 5) is 12.0. The van der Waals surface area contributed by atoms with Crippen molar-refractivity contribution in [2.24, 2.45) is 11.8 Å². The molecule has 1 aromatic carbocycles. The molecule has 3 N–H and O–H groups in total. The Morgan fingerprint density at radius 1 is 1.23 bits per heavy atom. The van der Waals surface area contributed by atoms with Gasteiger partial charge in [-0.15, -0.1) is 0 Å². The second-order valence-electron chi connectivity index (χ2n) is 6.34. The van der Waals surface area contributed by atoms with Gasteiger partial charge in [0.1, 0.15) is 0 Å². The van der Waals surface area contributed by atoms with Crippen molar-refractivity contribution in [2.75, 3.05) is 5.32 Å². The summed E-state index contributed by atoms with van der Waals surface area (Å²) in [6.45, 7) is 4.48. The Balaban J connectivity index is 1.50. The molecular weight excluding hydrogens is 276 g/mol. The first kappa shape index (κ1) is 14.6. The lowest BCUT2D eigenvalue weighted by atomic mass is 9.74. The van der Waals surface area contributed by atoms with Crippen LogP contribution in [0.3, 0.4) is 0 Å². The van der Waals surface area contributed by atoms with Crippen molar-refractivity contribution >= 4 is 11.7 Å². The molecule has 0 bridgehead atoms. The van der Waals surface area contributed by atoms with Crippen molar-refractivity contribution in [1.29, 1.82) is 0 Å². The van der Waals surface area contributed by atoms with Crippen LogP contribution in [0, 0.1) is 11.8 Å². The average molecular weight is 298 g/mol.